The first kappa shape index (κ1) is 13.7. The lowest BCUT2D eigenvalue weighted by molar-refractivity contribution is 0.356. The smallest absolute Gasteiger partial charge is 0.184 e. The molecule has 1 aromatic heterocycles. The summed E-state index contributed by atoms with van der Waals surface area (Å²) in [6.07, 6.45) is 1.82. The van der Waals surface area contributed by atoms with Crippen molar-refractivity contribution in [3.05, 3.63) is 36.9 Å². The summed E-state index contributed by atoms with van der Waals surface area (Å²) in [6, 6.07) is 8.12. The van der Waals surface area contributed by atoms with E-state index in [1.807, 2.05) is 18.2 Å². The van der Waals surface area contributed by atoms with Gasteiger partial charge in [-0.2, -0.15) is 0 Å². The lowest BCUT2D eigenvalue weighted by atomic mass is 10.1. The van der Waals surface area contributed by atoms with Crippen molar-refractivity contribution in [2.24, 2.45) is 0 Å². The maximum absolute atomic E-state index is 5.39. The van der Waals surface area contributed by atoms with Crippen LogP contribution in [0.4, 0.5) is 5.13 Å². The van der Waals surface area contributed by atoms with Gasteiger partial charge in [-0.1, -0.05) is 23.5 Å². The first-order valence-electron chi connectivity index (χ1n) is 6.57. The van der Waals surface area contributed by atoms with Crippen molar-refractivity contribution in [1.82, 2.24) is 4.98 Å². The van der Waals surface area contributed by atoms with E-state index in [9.17, 15) is 0 Å². The number of aromatic nitrogens is 1. The molecule has 0 aliphatic rings. The second kappa shape index (κ2) is 5.61. The predicted molar refractivity (Wildman–Crippen MR) is 88.9 cm³/mol. The van der Waals surface area contributed by atoms with Gasteiger partial charge >= 0.3 is 0 Å². The fraction of sp³-hybridized carbons (Fsp3) is 0.188. The highest BCUT2D eigenvalue weighted by Crippen LogP contribution is 2.37. The number of rotatable bonds is 5. The highest BCUT2D eigenvalue weighted by Gasteiger charge is 2.11. The summed E-state index contributed by atoms with van der Waals surface area (Å²) in [4.78, 5) is 4.67. The fourth-order valence-electron chi connectivity index (χ4n) is 2.28. The van der Waals surface area contributed by atoms with Crippen LogP contribution in [-0.4, -0.2) is 25.7 Å². The summed E-state index contributed by atoms with van der Waals surface area (Å²) in [5.41, 5.74) is 0.977. The van der Waals surface area contributed by atoms with E-state index in [2.05, 4.69) is 29.0 Å². The van der Waals surface area contributed by atoms with Crippen molar-refractivity contribution in [3.63, 3.8) is 0 Å². The Morgan fingerprint density at radius 2 is 2.00 bits per heavy atom. The molecule has 108 valence electrons. The van der Waals surface area contributed by atoms with Crippen LogP contribution in [-0.2, 0) is 0 Å². The van der Waals surface area contributed by atoms with Crippen LogP contribution in [0, 0.1) is 0 Å². The molecule has 0 atom stereocenters. The molecule has 5 heteroatoms. The number of hydrogen-bond donors (Lipinski definition) is 1. The van der Waals surface area contributed by atoms with Crippen molar-refractivity contribution >= 4 is 37.5 Å². The third-order valence-electron chi connectivity index (χ3n) is 3.28. The maximum atomic E-state index is 5.39. The van der Waals surface area contributed by atoms with Gasteiger partial charge in [0.25, 0.3) is 0 Å². The standard InChI is InChI=1S/C16H16N2O2S/c1-4-7-17-16-18-15-11-9-13(20-3)12(19-2)8-10(11)5-6-14(15)21-16/h4-6,8-9H,1,7H2,2-3H3,(H,17,18). The number of thiazole rings is 1. The second-order valence-electron chi connectivity index (χ2n) is 4.53. The first-order valence-corrected chi connectivity index (χ1v) is 7.38. The van der Waals surface area contributed by atoms with Gasteiger partial charge in [0, 0.05) is 11.9 Å². The van der Waals surface area contributed by atoms with Crippen LogP contribution in [0.15, 0.2) is 36.9 Å². The molecule has 2 aromatic carbocycles. The van der Waals surface area contributed by atoms with Gasteiger partial charge in [0.1, 0.15) is 0 Å². The fourth-order valence-corrected chi connectivity index (χ4v) is 3.17. The highest BCUT2D eigenvalue weighted by atomic mass is 32.1. The van der Waals surface area contributed by atoms with E-state index in [1.165, 1.54) is 0 Å². The Kier molecular flexibility index (Phi) is 3.66. The molecule has 0 radical (unpaired) electrons. The summed E-state index contributed by atoms with van der Waals surface area (Å²) < 4.78 is 11.9. The molecular formula is C16H16N2O2S. The Hall–Kier alpha value is -2.27. The van der Waals surface area contributed by atoms with Crippen LogP contribution in [0.2, 0.25) is 0 Å². The topological polar surface area (TPSA) is 43.4 Å². The zero-order chi connectivity index (χ0) is 14.8. The Morgan fingerprint density at radius 1 is 1.24 bits per heavy atom. The van der Waals surface area contributed by atoms with E-state index in [4.69, 9.17) is 9.47 Å². The van der Waals surface area contributed by atoms with E-state index in [1.54, 1.807) is 25.6 Å². The summed E-state index contributed by atoms with van der Waals surface area (Å²) in [7, 11) is 3.28. The molecule has 0 amide bonds. The zero-order valence-corrected chi connectivity index (χ0v) is 12.8. The first-order chi connectivity index (χ1) is 10.3. The summed E-state index contributed by atoms with van der Waals surface area (Å²) >= 11 is 1.63. The van der Waals surface area contributed by atoms with Crippen LogP contribution in [0.3, 0.4) is 0 Å². The molecule has 1 N–H and O–H groups in total. The van der Waals surface area contributed by atoms with Crippen molar-refractivity contribution in [3.8, 4) is 11.5 Å². The number of hydrogen-bond acceptors (Lipinski definition) is 5. The third-order valence-corrected chi connectivity index (χ3v) is 4.25. The van der Waals surface area contributed by atoms with Crippen LogP contribution < -0.4 is 14.8 Å². The van der Waals surface area contributed by atoms with E-state index < -0.39 is 0 Å². The lowest BCUT2D eigenvalue weighted by Crippen LogP contribution is -1.96. The molecule has 0 aliphatic heterocycles. The van der Waals surface area contributed by atoms with Gasteiger partial charge in [0.15, 0.2) is 16.6 Å². The Bertz CT molecular complexity index is 811. The average molecular weight is 300 g/mol. The van der Waals surface area contributed by atoms with Crippen LogP contribution in [0.1, 0.15) is 0 Å². The molecule has 1 heterocycles. The van der Waals surface area contributed by atoms with Crippen LogP contribution >= 0.6 is 11.3 Å². The minimum absolute atomic E-state index is 0.703. The third kappa shape index (κ3) is 2.40. The quantitative estimate of drug-likeness (QED) is 0.721. The normalized spacial score (nSPS) is 10.8. The number of fused-ring (bicyclic) bond motifs is 3. The molecular weight excluding hydrogens is 284 g/mol. The van der Waals surface area contributed by atoms with Crippen LogP contribution in [0.25, 0.3) is 21.0 Å². The number of nitrogens with one attached hydrogen (secondary N) is 1. The molecule has 0 bridgehead atoms. The molecule has 3 rings (SSSR count). The van der Waals surface area contributed by atoms with Gasteiger partial charge in [0.2, 0.25) is 0 Å². The van der Waals surface area contributed by atoms with Gasteiger partial charge in [-0.3, -0.25) is 0 Å². The van der Waals surface area contributed by atoms with E-state index in [0.29, 0.717) is 12.3 Å². The monoisotopic (exact) mass is 300 g/mol. The van der Waals surface area contributed by atoms with Gasteiger partial charge in [0.05, 0.1) is 24.4 Å². The average Bonchev–Trinajstić information content (AvgIpc) is 2.94. The molecule has 0 aliphatic carbocycles. The van der Waals surface area contributed by atoms with Crippen LogP contribution in [0.5, 0.6) is 11.5 Å². The molecule has 0 saturated carbocycles. The van der Waals surface area contributed by atoms with Crippen molar-refractivity contribution in [1.29, 1.82) is 0 Å². The van der Waals surface area contributed by atoms with Crippen molar-refractivity contribution < 1.29 is 9.47 Å². The number of benzene rings is 2. The summed E-state index contributed by atoms with van der Waals surface area (Å²) in [5, 5.41) is 6.28. The summed E-state index contributed by atoms with van der Waals surface area (Å²) in [5.74, 6) is 1.44. The zero-order valence-electron chi connectivity index (χ0n) is 12.0. The Balaban J connectivity index is 2.21. The van der Waals surface area contributed by atoms with Crippen molar-refractivity contribution in [2.75, 3.05) is 26.1 Å². The minimum atomic E-state index is 0.703. The number of nitrogens with zero attached hydrogens (tertiary/aromatic N) is 1. The van der Waals surface area contributed by atoms with E-state index >= 15 is 0 Å². The molecule has 0 unspecified atom stereocenters. The molecule has 21 heavy (non-hydrogen) atoms. The molecule has 3 aromatic rings. The van der Waals surface area contributed by atoms with Gasteiger partial charge in [-0.05, 0) is 23.6 Å². The predicted octanol–water partition coefficient (Wildman–Crippen LogP) is 4.06. The SMILES string of the molecule is C=CCNc1nc2c(ccc3cc(OC)c(OC)cc32)s1. The lowest BCUT2D eigenvalue weighted by Gasteiger charge is -2.09. The molecule has 0 spiro atoms. The second-order valence-corrected chi connectivity index (χ2v) is 5.56. The Labute approximate surface area is 127 Å². The molecule has 4 nitrogen and oxygen atoms in total. The van der Waals surface area contributed by atoms with Gasteiger partial charge in [-0.25, -0.2) is 4.98 Å². The number of ether oxygens (including phenoxy) is 2. The van der Waals surface area contributed by atoms with Gasteiger partial charge in [-0.15, -0.1) is 6.58 Å². The van der Waals surface area contributed by atoms with E-state index in [0.717, 1.165) is 31.9 Å². The summed E-state index contributed by atoms with van der Waals surface area (Å²) in [6.45, 7) is 4.41. The van der Waals surface area contributed by atoms with E-state index in [-0.39, 0.29) is 0 Å². The number of methoxy groups -OCH3 is 2. The largest absolute Gasteiger partial charge is 0.493 e. The van der Waals surface area contributed by atoms with Crippen molar-refractivity contribution in [2.45, 2.75) is 0 Å². The number of anilines is 1. The Morgan fingerprint density at radius 3 is 2.71 bits per heavy atom. The van der Waals surface area contributed by atoms with Gasteiger partial charge < -0.3 is 14.8 Å². The highest BCUT2D eigenvalue weighted by molar-refractivity contribution is 7.22. The molecule has 0 fully saturated rings. The minimum Gasteiger partial charge on any atom is -0.493 e. The molecule has 0 saturated heterocycles. The maximum Gasteiger partial charge on any atom is 0.184 e.